The predicted octanol–water partition coefficient (Wildman–Crippen LogP) is 5.14. The molecule has 0 spiro atoms. The van der Waals surface area contributed by atoms with E-state index in [9.17, 15) is 14.7 Å². The van der Waals surface area contributed by atoms with E-state index in [1.54, 1.807) is 25.4 Å². The highest BCUT2D eigenvalue weighted by atomic mass is 16.5. The van der Waals surface area contributed by atoms with Gasteiger partial charge < -0.3 is 20.3 Å². The first-order chi connectivity index (χ1) is 18.4. The van der Waals surface area contributed by atoms with Crippen LogP contribution in [-0.2, 0) is 4.79 Å². The van der Waals surface area contributed by atoms with Crippen LogP contribution in [0.5, 0.6) is 0 Å². The van der Waals surface area contributed by atoms with Crippen molar-refractivity contribution >= 4 is 29.0 Å². The maximum absolute atomic E-state index is 12.9. The van der Waals surface area contributed by atoms with Crippen molar-refractivity contribution in [2.24, 2.45) is 0 Å². The second kappa shape index (κ2) is 11.0. The molecule has 38 heavy (non-hydrogen) atoms. The Morgan fingerprint density at radius 2 is 2.03 bits per heavy atom. The molecule has 4 heterocycles. The minimum atomic E-state index is -0.998. The van der Waals surface area contributed by atoms with Crippen molar-refractivity contribution in [3.05, 3.63) is 47.9 Å². The Morgan fingerprint density at radius 3 is 2.76 bits per heavy atom. The summed E-state index contributed by atoms with van der Waals surface area (Å²) in [6.45, 7) is 3.80. The van der Waals surface area contributed by atoms with Crippen LogP contribution in [0.15, 0.2) is 35.2 Å². The zero-order chi connectivity index (χ0) is 26.6. The molecule has 12 nitrogen and oxygen atoms in total. The molecule has 12 heteroatoms. The van der Waals surface area contributed by atoms with Gasteiger partial charge in [-0.1, -0.05) is 37.8 Å². The fraction of sp³-hybridized carbons (Fsp3) is 0.423. The summed E-state index contributed by atoms with van der Waals surface area (Å²) in [5.41, 5.74) is 3.96. The van der Waals surface area contributed by atoms with E-state index >= 15 is 0 Å². The van der Waals surface area contributed by atoms with Gasteiger partial charge in [0.15, 0.2) is 5.65 Å². The van der Waals surface area contributed by atoms with E-state index in [0.717, 1.165) is 49.9 Å². The first-order valence-electron chi connectivity index (χ1n) is 12.9. The molecule has 0 aliphatic heterocycles. The number of carboxylic acid groups (broad SMARTS) is 1. The SMILES string of the molecule is CCCCC(C(=O)O)c1nc(-c2ncc(NC(=O)Nc3cnc4ccnn4c3C3CCCC3)cc2C)no1. The number of carboxylic acids is 1. The summed E-state index contributed by atoms with van der Waals surface area (Å²) in [4.78, 5) is 37.7. The summed E-state index contributed by atoms with van der Waals surface area (Å²) in [5.74, 6) is -1.28. The second-order valence-corrected chi connectivity index (χ2v) is 9.60. The van der Waals surface area contributed by atoms with Crippen molar-refractivity contribution in [1.29, 1.82) is 0 Å². The van der Waals surface area contributed by atoms with Crippen LogP contribution in [-0.4, -0.2) is 46.8 Å². The van der Waals surface area contributed by atoms with Gasteiger partial charge in [0.25, 0.3) is 0 Å². The molecule has 0 radical (unpaired) electrons. The fourth-order valence-electron chi connectivity index (χ4n) is 4.97. The zero-order valence-corrected chi connectivity index (χ0v) is 21.3. The number of amides is 2. The van der Waals surface area contributed by atoms with Crippen LogP contribution in [0.1, 0.15) is 80.9 Å². The number of carbonyl (C=O) groups excluding carboxylic acids is 1. The standard InChI is InChI=1S/C26H30N8O4/c1-3-4-9-18(25(35)36)24-32-23(33-38-24)21-15(2)12-17(13-28-21)30-26(37)31-19-14-27-20-10-11-29-34(20)22(19)16-7-5-6-8-16/h10-14,16,18H,3-9H2,1-2H3,(H,35,36)(H2,30,31,37). The summed E-state index contributed by atoms with van der Waals surface area (Å²) >= 11 is 0. The Bertz CT molecular complexity index is 1460. The maximum atomic E-state index is 12.9. The van der Waals surface area contributed by atoms with Gasteiger partial charge >= 0.3 is 12.0 Å². The van der Waals surface area contributed by atoms with Gasteiger partial charge in [-0.25, -0.2) is 14.3 Å². The average Bonchev–Trinajstić information content (AvgIpc) is 3.66. The van der Waals surface area contributed by atoms with Crippen LogP contribution in [0, 0.1) is 6.92 Å². The third-order valence-corrected chi connectivity index (χ3v) is 6.88. The third kappa shape index (κ3) is 5.20. The number of anilines is 2. The van der Waals surface area contributed by atoms with Crippen LogP contribution in [0.2, 0.25) is 0 Å². The number of rotatable bonds is 9. The molecule has 1 atom stereocenters. The molecular formula is C26H30N8O4. The molecule has 4 aromatic heterocycles. The molecule has 1 aliphatic rings. The van der Waals surface area contributed by atoms with E-state index in [1.165, 1.54) is 6.20 Å². The summed E-state index contributed by atoms with van der Waals surface area (Å²) in [5, 5.41) is 23.7. The summed E-state index contributed by atoms with van der Waals surface area (Å²) in [6, 6.07) is 3.17. The molecule has 1 aliphatic carbocycles. The van der Waals surface area contributed by atoms with E-state index < -0.39 is 17.9 Å². The van der Waals surface area contributed by atoms with Crippen molar-refractivity contribution in [2.45, 2.75) is 70.6 Å². The van der Waals surface area contributed by atoms with Gasteiger partial charge in [0.1, 0.15) is 11.6 Å². The molecule has 0 aromatic carbocycles. The van der Waals surface area contributed by atoms with Crippen molar-refractivity contribution in [2.75, 3.05) is 10.6 Å². The second-order valence-electron chi connectivity index (χ2n) is 9.60. The molecule has 3 N–H and O–H groups in total. The molecule has 2 amide bonds. The van der Waals surface area contributed by atoms with Crippen LogP contribution in [0.4, 0.5) is 16.2 Å². The van der Waals surface area contributed by atoms with Gasteiger partial charge in [-0.2, -0.15) is 10.1 Å². The molecule has 0 bridgehead atoms. The number of fused-ring (bicyclic) bond motifs is 1. The highest BCUT2D eigenvalue weighted by molar-refractivity contribution is 6.00. The van der Waals surface area contributed by atoms with E-state index in [4.69, 9.17) is 4.52 Å². The number of carbonyl (C=O) groups is 2. The van der Waals surface area contributed by atoms with Crippen LogP contribution in [0.25, 0.3) is 17.2 Å². The Labute approximate surface area is 218 Å². The Hall–Kier alpha value is -4.35. The van der Waals surface area contributed by atoms with Gasteiger partial charge in [-0.3, -0.25) is 9.78 Å². The minimum absolute atomic E-state index is 0.0598. The molecule has 4 aromatic rings. The Balaban J connectivity index is 1.31. The number of urea groups is 1. The van der Waals surface area contributed by atoms with E-state index in [0.29, 0.717) is 35.0 Å². The van der Waals surface area contributed by atoms with Gasteiger partial charge in [0.05, 0.1) is 35.7 Å². The predicted molar refractivity (Wildman–Crippen MR) is 139 cm³/mol. The van der Waals surface area contributed by atoms with Crippen molar-refractivity contribution in [1.82, 2.24) is 29.7 Å². The lowest BCUT2D eigenvalue weighted by molar-refractivity contribution is -0.139. The smallest absolute Gasteiger partial charge is 0.323 e. The molecule has 1 unspecified atom stereocenters. The van der Waals surface area contributed by atoms with Crippen molar-refractivity contribution < 1.29 is 19.2 Å². The Kier molecular flexibility index (Phi) is 7.29. The largest absolute Gasteiger partial charge is 0.481 e. The topological polar surface area (TPSA) is 160 Å². The maximum Gasteiger partial charge on any atom is 0.323 e. The van der Waals surface area contributed by atoms with Crippen LogP contribution in [0.3, 0.4) is 0 Å². The third-order valence-electron chi connectivity index (χ3n) is 6.88. The normalized spacial score (nSPS) is 14.6. The number of aromatic nitrogens is 6. The molecule has 5 rings (SSSR count). The molecule has 198 valence electrons. The molecule has 1 fully saturated rings. The number of aryl methyl sites for hydroxylation is 1. The van der Waals surface area contributed by atoms with Gasteiger partial charge in [0.2, 0.25) is 11.7 Å². The number of aliphatic carboxylic acids is 1. The summed E-state index contributed by atoms with van der Waals surface area (Å²) in [7, 11) is 0. The summed E-state index contributed by atoms with van der Waals surface area (Å²) < 4.78 is 7.07. The van der Waals surface area contributed by atoms with Gasteiger partial charge in [0, 0.05) is 12.0 Å². The molecule has 0 saturated heterocycles. The van der Waals surface area contributed by atoms with Crippen molar-refractivity contribution in [3.63, 3.8) is 0 Å². The van der Waals surface area contributed by atoms with E-state index in [1.807, 2.05) is 17.5 Å². The number of hydrogen-bond acceptors (Lipinski definition) is 8. The number of nitrogens with zero attached hydrogens (tertiary/aromatic N) is 6. The highest BCUT2D eigenvalue weighted by Crippen LogP contribution is 2.37. The van der Waals surface area contributed by atoms with Crippen LogP contribution >= 0.6 is 0 Å². The fourth-order valence-corrected chi connectivity index (χ4v) is 4.97. The van der Waals surface area contributed by atoms with Gasteiger partial charge in [-0.15, -0.1) is 0 Å². The molecule has 1 saturated carbocycles. The van der Waals surface area contributed by atoms with E-state index in [2.05, 4.69) is 35.8 Å². The lowest BCUT2D eigenvalue weighted by atomic mass is 10.0. The van der Waals surface area contributed by atoms with Crippen molar-refractivity contribution in [3.8, 4) is 11.5 Å². The zero-order valence-electron chi connectivity index (χ0n) is 21.3. The lowest BCUT2D eigenvalue weighted by Crippen LogP contribution is -2.22. The number of nitrogens with one attached hydrogen (secondary N) is 2. The lowest BCUT2D eigenvalue weighted by Gasteiger charge is -2.17. The first-order valence-corrected chi connectivity index (χ1v) is 12.9. The summed E-state index contributed by atoms with van der Waals surface area (Å²) in [6.07, 6.45) is 11.3. The quantitative estimate of drug-likeness (QED) is 0.272. The minimum Gasteiger partial charge on any atom is -0.481 e. The van der Waals surface area contributed by atoms with Crippen LogP contribution < -0.4 is 10.6 Å². The molecular weight excluding hydrogens is 488 g/mol. The number of hydrogen-bond donors (Lipinski definition) is 3. The van der Waals surface area contributed by atoms with Gasteiger partial charge in [-0.05, 0) is 37.8 Å². The highest BCUT2D eigenvalue weighted by Gasteiger charge is 2.27. The number of pyridine rings is 1. The first kappa shape index (κ1) is 25.3. The van der Waals surface area contributed by atoms with E-state index in [-0.39, 0.29) is 11.7 Å². The number of unbranched alkanes of at least 4 members (excludes halogenated alkanes) is 1. The monoisotopic (exact) mass is 518 g/mol. The Morgan fingerprint density at radius 1 is 1.21 bits per heavy atom. The average molecular weight is 519 g/mol.